The fourth-order valence-corrected chi connectivity index (χ4v) is 6.10. The molecule has 7 rings (SSSR count). The monoisotopic (exact) mass is 462 g/mol. The normalized spacial score (nSPS) is 11.8. The molecule has 0 amide bonds. The number of benzene rings is 4. The number of thiophene rings is 1. The minimum atomic E-state index is -0.609. The molecule has 0 spiro atoms. The summed E-state index contributed by atoms with van der Waals surface area (Å²) in [4.78, 5) is 5.08. The Morgan fingerprint density at radius 1 is 0.676 bits per heavy atom. The zero-order valence-corrected chi connectivity index (χ0v) is 18.6. The largest absolute Gasteiger partial charge is 0.307 e. The zero-order chi connectivity index (χ0) is 22.8. The van der Waals surface area contributed by atoms with Crippen molar-refractivity contribution in [3.05, 3.63) is 109 Å². The molecule has 0 saturated heterocycles. The summed E-state index contributed by atoms with van der Waals surface area (Å²) in [5.41, 5.74) is 4.81. The summed E-state index contributed by atoms with van der Waals surface area (Å²) in [6.07, 6.45) is 0. The smallest absolute Gasteiger partial charge is 0.128 e. The third-order valence-corrected chi connectivity index (χ3v) is 7.50. The first-order valence-electron chi connectivity index (χ1n) is 10.9. The predicted octanol–water partition coefficient (Wildman–Crippen LogP) is 8.49. The van der Waals surface area contributed by atoms with Gasteiger partial charge in [0.05, 0.1) is 27.9 Å². The van der Waals surface area contributed by atoms with Gasteiger partial charge in [-0.1, -0.05) is 54.6 Å². The minimum absolute atomic E-state index is 0.437. The van der Waals surface area contributed by atoms with Crippen LogP contribution in [0.15, 0.2) is 97.1 Å². The van der Waals surface area contributed by atoms with E-state index in [2.05, 4.69) is 18.2 Å². The highest BCUT2D eigenvalue weighted by Gasteiger charge is 2.19. The van der Waals surface area contributed by atoms with Crippen molar-refractivity contribution in [1.82, 2.24) is 9.55 Å². The molecule has 0 unspecified atom stereocenters. The molecule has 0 atom stereocenters. The average molecular weight is 463 g/mol. The van der Waals surface area contributed by atoms with Crippen molar-refractivity contribution in [2.75, 3.05) is 0 Å². The Kier molecular flexibility index (Phi) is 4.11. The number of hydrogen-bond donors (Lipinski definition) is 0. The third kappa shape index (κ3) is 2.80. The van der Waals surface area contributed by atoms with Gasteiger partial charge in [-0.25, -0.2) is 13.8 Å². The molecule has 2 nitrogen and oxygen atoms in total. The van der Waals surface area contributed by atoms with Crippen LogP contribution in [-0.2, 0) is 0 Å². The van der Waals surface area contributed by atoms with Crippen molar-refractivity contribution in [3.8, 4) is 16.9 Å². The number of halogens is 2. The van der Waals surface area contributed by atoms with Crippen LogP contribution in [-0.4, -0.2) is 9.55 Å². The Hall–Kier alpha value is -4.09. The molecule has 162 valence electrons. The molecule has 0 bridgehead atoms. The highest BCUT2D eigenvalue weighted by atomic mass is 32.1. The lowest BCUT2D eigenvalue weighted by Gasteiger charge is -2.08. The van der Waals surface area contributed by atoms with Gasteiger partial charge in [-0.05, 0) is 36.4 Å². The molecule has 0 aliphatic carbocycles. The average Bonchev–Trinajstić information content (AvgIpc) is 3.39. The number of nitrogens with zero attached hydrogens (tertiary/aromatic N) is 2. The second-order valence-electron chi connectivity index (χ2n) is 8.33. The van der Waals surface area contributed by atoms with Crippen LogP contribution >= 0.6 is 11.3 Å². The molecule has 34 heavy (non-hydrogen) atoms. The summed E-state index contributed by atoms with van der Waals surface area (Å²) in [5.74, 6) is -1.22. The summed E-state index contributed by atoms with van der Waals surface area (Å²) < 4.78 is 32.7. The number of pyridine rings is 1. The van der Waals surface area contributed by atoms with Crippen molar-refractivity contribution >= 4 is 53.4 Å². The lowest BCUT2D eigenvalue weighted by atomic mass is 10.1. The van der Waals surface area contributed by atoms with E-state index >= 15 is 0 Å². The SMILES string of the molecule is Fc1cc(F)cc(-n2c3ccc(-c4ccccc4)nc3c3c4sc5ccccc5c4ccc32)c1. The second kappa shape index (κ2) is 7.20. The first kappa shape index (κ1) is 19.4. The van der Waals surface area contributed by atoms with Crippen LogP contribution in [0, 0.1) is 11.6 Å². The molecule has 0 fully saturated rings. The second-order valence-corrected chi connectivity index (χ2v) is 9.38. The van der Waals surface area contributed by atoms with Gasteiger partial charge in [0.25, 0.3) is 0 Å². The van der Waals surface area contributed by atoms with Crippen molar-refractivity contribution in [3.63, 3.8) is 0 Å². The van der Waals surface area contributed by atoms with E-state index in [-0.39, 0.29) is 0 Å². The number of aromatic nitrogens is 2. The van der Waals surface area contributed by atoms with Gasteiger partial charge < -0.3 is 4.57 Å². The van der Waals surface area contributed by atoms with E-state index in [0.29, 0.717) is 5.69 Å². The number of rotatable bonds is 2. The van der Waals surface area contributed by atoms with Crippen LogP contribution in [0.25, 0.3) is 59.1 Å². The predicted molar refractivity (Wildman–Crippen MR) is 137 cm³/mol. The van der Waals surface area contributed by atoms with Gasteiger partial charge in [0.2, 0.25) is 0 Å². The van der Waals surface area contributed by atoms with Gasteiger partial charge in [0.15, 0.2) is 0 Å². The zero-order valence-electron chi connectivity index (χ0n) is 17.8. The molecule has 3 aromatic heterocycles. The van der Waals surface area contributed by atoms with Crippen molar-refractivity contribution in [2.24, 2.45) is 0 Å². The van der Waals surface area contributed by atoms with E-state index in [0.717, 1.165) is 49.3 Å². The van der Waals surface area contributed by atoms with Crippen LogP contribution < -0.4 is 0 Å². The number of fused-ring (bicyclic) bond motifs is 7. The highest BCUT2D eigenvalue weighted by Crippen LogP contribution is 2.43. The van der Waals surface area contributed by atoms with Crippen LogP contribution in [0.1, 0.15) is 0 Å². The molecule has 0 N–H and O–H groups in total. The van der Waals surface area contributed by atoms with E-state index in [1.807, 2.05) is 65.2 Å². The van der Waals surface area contributed by atoms with Crippen LogP contribution in [0.4, 0.5) is 8.78 Å². The van der Waals surface area contributed by atoms with Crippen LogP contribution in [0.5, 0.6) is 0 Å². The van der Waals surface area contributed by atoms with Crippen LogP contribution in [0.3, 0.4) is 0 Å². The maximum atomic E-state index is 14.2. The molecule has 0 aliphatic heterocycles. The molecule has 7 aromatic rings. The van der Waals surface area contributed by atoms with Gasteiger partial charge in [-0.15, -0.1) is 11.3 Å². The molecule has 0 aliphatic rings. The summed E-state index contributed by atoms with van der Waals surface area (Å²) >= 11 is 1.72. The highest BCUT2D eigenvalue weighted by molar-refractivity contribution is 7.26. The summed E-state index contributed by atoms with van der Waals surface area (Å²) in [6.45, 7) is 0. The Balaban J connectivity index is 1.67. The summed E-state index contributed by atoms with van der Waals surface area (Å²) in [6, 6.07) is 30.1. The molecule has 3 heterocycles. The van der Waals surface area contributed by atoms with E-state index in [4.69, 9.17) is 4.98 Å². The Labute approximate surface area is 197 Å². The lowest BCUT2D eigenvalue weighted by Crippen LogP contribution is -1.96. The summed E-state index contributed by atoms with van der Waals surface area (Å²) in [7, 11) is 0. The van der Waals surface area contributed by atoms with Crippen molar-refractivity contribution in [2.45, 2.75) is 0 Å². The molecule has 0 saturated carbocycles. The van der Waals surface area contributed by atoms with Crippen LogP contribution in [0.2, 0.25) is 0 Å². The van der Waals surface area contributed by atoms with Gasteiger partial charge in [0, 0.05) is 37.2 Å². The van der Waals surface area contributed by atoms with E-state index in [1.165, 1.54) is 22.2 Å². The van der Waals surface area contributed by atoms with Crippen molar-refractivity contribution in [1.29, 1.82) is 0 Å². The van der Waals surface area contributed by atoms with E-state index in [1.54, 1.807) is 11.3 Å². The maximum absolute atomic E-state index is 14.2. The Morgan fingerprint density at radius 3 is 2.24 bits per heavy atom. The fourth-order valence-electron chi connectivity index (χ4n) is 4.86. The number of hydrogen-bond acceptors (Lipinski definition) is 2. The standard InChI is InChI=1S/C29H16F2N2S/c30-18-14-19(31)16-20(15-18)33-24-12-10-22-21-8-4-5-9-26(21)34-29(22)27(24)28-25(33)13-11-23(32-28)17-6-2-1-3-7-17/h1-16H. The lowest BCUT2D eigenvalue weighted by molar-refractivity contribution is 0.582. The van der Waals surface area contributed by atoms with E-state index in [9.17, 15) is 8.78 Å². The first-order valence-corrected chi connectivity index (χ1v) is 11.8. The molecule has 4 aromatic carbocycles. The van der Waals surface area contributed by atoms with Gasteiger partial charge in [0.1, 0.15) is 11.6 Å². The molecule has 0 radical (unpaired) electrons. The maximum Gasteiger partial charge on any atom is 0.128 e. The Bertz CT molecular complexity index is 1860. The minimum Gasteiger partial charge on any atom is -0.307 e. The molecular formula is C29H16F2N2S. The molecular weight excluding hydrogens is 446 g/mol. The molecule has 5 heteroatoms. The van der Waals surface area contributed by atoms with E-state index < -0.39 is 11.6 Å². The topological polar surface area (TPSA) is 17.8 Å². The Morgan fingerprint density at radius 2 is 1.41 bits per heavy atom. The first-order chi connectivity index (χ1) is 16.7. The van der Waals surface area contributed by atoms with Gasteiger partial charge in [-0.2, -0.15) is 0 Å². The third-order valence-electron chi connectivity index (χ3n) is 6.29. The summed E-state index contributed by atoms with van der Waals surface area (Å²) in [5, 5.41) is 3.35. The fraction of sp³-hybridized carbons (Fsp3) is 0. The van der Waals surface area contributed by atoms with Gasteiger partial charge in [-0.3, -0.25) is 0 Å². The van der Waals surface area contributed by atoms with Gasteiger partial charge >= 0.3 is 0 Å². The van der Waals surface area contributed by atoms with Crippen molar-refractivity contribution < 1.29 is 8.78 Å². The quantitative estimate of drug-likeness (QED) is 0.252.